The lowest BCUT2D eigenvalue weighted by Crippen LogP contribution is -2.41. The van der Waals surface area contributed by atoms with Crippen molar-refractivity contribution in [1.82, 2.24) is 10.3 Å². The Morgan fingerprint density at radius 1 is 1.29 bits per heavy atom. The second-order valence-corrected chi connectivity index (χ2v) is 7.05. The van der Waals surface area contributed by atoms with Crippen LogP contribution in [0.3, 0.4) is 0 Å². The van der Waals surface area contributed by atoms with E-state index in [1.54, 1.807) is 12.3 Å². The van der Waals surface area contributed by atoms with Crippen LogP contribution in [-0.2, 0) is 16.0 Å². The number of alkyl halides is 2. The Morgan fingerprint density at radius 3 is 2.67 bits per heavy atom. The lowest BCUT2D eigenvalue weighted by atomic mass is 9.81. The molecule has 4 nitrogen and oxygen atoms in total. The van der Waals surface area contributed by atoms with E-state index >= 15 is 0 Å². The summed E-state index contributed by atoms with van der Waals surface area (Å²) in [6.45, 7) is -0.476. The van der Waals surface area contributed by atoms with Crippen molar-refractivity contribution in [1.29, 1.82) is 0 Å². The number of hydrogen-bond acceptors (Lipinski definition) is 4. The van der Waals surface area contributed by atoms with Gasteiger partial charge in [-0.15, -0.1) is 0 Å². The summed E-state index contributed by atoms with van der Waals surface area (Å²) < 4.78 is 31.8. The fraction of sp³-hybridized carbons (Fsp3) is 0.529. The van der Waals surface area contributed by atoms with Crippen molar-refractivity contribution < 1.29 is 18.3 Å². The summed E-state index contributed by atoms with van der Waals surface area (Å²) in [4.78, 5) is 16.6. The lowest BCUT2D eigenvalue weighted by Gasteiger charge is -2.34. The Labute approximate surface area is 147 Å². The van der Waals surface area contributed by atoms with E-state index in [-0.39, 0.29) is 0 Å². The van der Waals surface area contributed by atoms with Crippen LogP contribution in [0.4, 0.5) is 8.78 Å². The lowest BCUT2D eigenvalue weighted by molar-refractivity contribution is -0.149. The quantitative estimate of drug-likeness (QED) is 0.603. The summed E-state index contributed by atoms with van der Waals surface area (Å²) in [5.41, 5.74) is 1.09. The molecule has 24 heavy (non-hydrogen) atoms. The molecule has 1 aliphatic carbocycles. The van der Waals surface area contributed by atoms with E-state index in [0.29, 0.717) is 35.1 Å². The molecule has 1 N–H and O–H groups in total. The number of hydrogen-bond donors (Lipinski definition) is 1. The number of carbonyl (C=O) groups excluding carboxylic acids is 1. The molecule has 2 heterocycles. The molecule has 1 fully saturated rings. The fourth-order valence-corrected chi connectivity index (χ4v) is 3.70. The molecule has 0 atom stereocenters. The van der Waals surface area contributed by atoms with Gasteiger partial charge >= 0.3 is 5.97 Å². The van der Waals surface area contributed by atoms with E-state index in [4.69, 9.17) is 4.74 Å². The maximum absolute atomic E-state index is 12.7. The van der Waals surface area contributed by atoms with Crippen molar-refractivity contribution in [2.24, 2.45) is 0 Å². The van der Waals surface area contributed by atoms with E-state index in [2.05, 4.69) is 26.2 Å². The molecule has 2 aliphatic rings. The van der Waals surface area contributed by atoms with Gasteiger partial charge in [-0.25, -0.2) is 18.6 Å². The highest BCUT2D eigenvalue weighted by atomic mass is 79.9. The molecule has 7 heteroatoms. The number of pyridine rings is 1. The summed E-state index contributed by atoms with van der Waals surface area (Å²) in [6.07, 6.45) is 3.82. The summed E-state index contributed by atoms with van der Waals surface area (Å²) in [5, 5.41) is 2.81. The molecule has 0 aromatic carbocycles. The smallest absolute Gasteiger partial charge is 0.337 e. The van der Waals surface area contributed by atoms with Gasteiger partial charge in [-0.05, 0) is 53.2 Å². The van der Waals surface area contributed by atoms with E-state index < -0.39 is 24.5 Å². The van der Waals surface area contributed by atoms with Gasteiger partial charge in [0.25, 0.3) is 6.43 Å². The Hall–Kier alpha value is -1.50. The number of esters is 1. The molecule has 3 rings (SSSR count). The number of carbonyl (C=O) groups is 1. The van der Waals surface area contributed by atoms with Crippen molar-refractivity contribution in [3.05, 3.63) is 39.8 Å². The SMILES string of the molecule is O=C1OC2(CCCCC2)C(NCC(F)F)=C1Cc1ccc(Br)nc1. The van der Waals surface area contributed by atoms with E-state index in [1.165, 1.54) is 0 Å². The molecular weight excluding hydrogens is 382 g/mol. The van der Waals surface area contributed by atoms with Gasteiger partial charge in [-0.2, -0.15) is 0 Å². The predicted octanol–water partition coefficient (Wildman–Crippen LogP) is 3.76. The zero-order valence-corrected chi connectivity index (χ0v) is 14.7. The van der Waals surface area contributed by atoms with Crippen LogP contribution < -0.4 is 5.32 Å². The van der Waals surface area contributed by atoms with E-state index in [9.17, 15) is 13.6 Å². The highest BCUT2D eigenvalue weighted by Crippen LogP contribution is 2.43. The second kappa shape index (κ2) is 7.17. The summed E-state index contributed by atoms with van der Waals surface area (Å²) >= 11 is 3.27. The third kappa shape index (κ3) is 3.61. The minimum Gasteiger partial charge on any atom is -0.449 e. The van der Waals surface area contributed by atoms with Crippen LogP contribution in [-0.4, -0.2) is 29.5 Å². The highest BCUT2D eigenvalue weighted by molar-refractivity contribution is 9.10. The predicted molar refractivity (Wildman–Crippen MR) is 88.6 cm³/mol. The first-order valence-electron chi connectivity index (χ1n) is 8.09. The van der Waals surface area contributed by atoms with Gasteiger partial charge in [-0.3, -0.25) is 0 Å². The molecule has 0 amide bonds. The van der Waals surface area contributed by atoms with Crippen molar-refractivity contribution in [2.75, 3.05) is 6.54 Å². The first-order valence-corrected chi connectivity index (χ1v) is 8.89. The van der Waals surface area contributed by atoms with Gasteiger partial charge in [0.2, 0.25) is 0 Å². The molecule has 1 spiro atoms. The summed E-state index contributed by atoms with van der Waals surface area (Å²) in [7, 11) is 0. The largest absolute Gasteiger partial charge is 0.449 e. The van der Waals surface area contributed by atoms with Crippen LogP contribution in [0.5, 0.6) is 0 Å². The van der Waals surface area contributed by atoms with Crippen molar-refractivity contribution in [3.8, 4) is 0 Å². The molecule has 0 unspecified atom stereocenters. The average Bonchev–Trinajstić information content (AvgIpc) is 2.79. The van der Waals surface area contributed by atoms with Gasteiger partial charge in [0.15, 0.2) is 5.60 Å². The zero-order valence-electron chi connectivity index (χ0n) is 13.2. The third-order valence-corrected chi connectivity index (χ3v) is 5.02. The van der Waals surface area contributed by atoms with Crippen LogP contribution in [0.25, 0.3) is 0 Å². The molecule has 0 radical (unpaired) electrons. The van der Waals surface area contributed by atoms with Gasteiger partial charge in [0, 0.05) is 12.6 Å². The first kappa shape index (κ1) is 17.3. The average molecular weight is 401 g/mol. The molecule has 1 aromatic rings. The number of nitrogens with zero attached hydrogens (tertiary/aromatic N) is 1. The topological polar surface area (TPSA) is 51.2 Å². The monoisotopic (exact) mass is 400 g/mol. The van der Waals surface area contributed by atoms with Crippen molar-refractivity contribution in [2.45, 2.75) is 50.6 Å². The minimum atomic E-state index is -2.48. The molecule has 130 valence electrons. The van der Waals surface area contributed by atoms with Gasteiger partial charge < -0.3 is 10.1 Å². The standard InChI is InChI=1S/C17H19BrF2N2O2/c18-13-5-4-11(9-21-13)8-12-15(22-10-14(19)20)17(24-16(12)23)6-2-1-3-7-17/h4-5,9,14,22H,1-3,6-8,10H2. The number of aromatic nitrogens is 1. The fourth-order valence-electron chi connectivity index (χ4n) is 3.46. The van der Waals surface area contributed by atoms with E-state index in [1.807, 2.05) is 6.07 Å². The van der Waals surface area contributed by atoms with Crippen molar-refractivity contribution >= 4 is 21.9 Å². The molecule has 0 bridgehead atoms. The van der Waals surface area contributed by atoms with Gasteiger partial charge in [0.1, 0.15) is 4.60 Å². The number of ether oxygens (including phenoxy) is 1. The molecular formula is C17H19BrF2N2O2. The van der Waals surface area contributed by atoms with Gasteiger partial charge in [-0.1, -0.05) is 12.5 Å². The minimum absolute atomic E-state index is 0.326. The molecule has 1 aliphatic heterocycles. The van der Waals surface area contributed by atoms with Crippen LogP contribution in [0.15, 0.2) is 34.2 Å². The first-order chi connectivity index (χ1) is 11.5. The Kier molecular flexibility index (Phi) is 5.18. The molecule has 0 saturated heterocycles. The summed E-state index contributed by atoms with van der Waals surface area (Å²) in [6, 6.07) is 3.65. The normalized spacial score (nSPS) is 19.9. The Morgan fingerprint density at radius 2 is 2.04 bits per heavy atom. The second-order valence-electron chi connectivity index (χ2n) is 6.24. The Balaban J connectivity index is 1.91. The maximum atomic E-state index is 12.7. The Bertz CT molecular complexity index is 640. The highest BCUT2D eigenvalue weighted by Gasteiger charge is 2.48. The van der Waals surface area contributed by atoms with Gasteiger partial charge in [0.05, 0.1) is 17.8 Å². The number of halogens is 3. The summed E-state index contributed by atoms with van der Waals surface area (Å²) in [5.74, 6) is -0.406. The van der Waals surface area contributed by atoms with Crippen LogP contribution in [0, 0.1) is 0 Å². The van der Waals surface area contributed by atoms with Crippen LogP contribution >= 0.6 is 15.9 Å². The van der Waals surface area contributed by atoms with Crippen molar-refractivity contribution in [3.63, 3.8) is 0 Å². The number of nitrogens with one attached hydrogen (secondary N) is 1. The maximum Gasteiger partial charge on any atom is 0.337 e. The number of rotatable bonds is 5. The molecule has 1 aromatic heterocycles. The van der Waals surface area contributed by atoms with E-state index in [0.717, 1.165) is 24.8 Å². The van der Waals surface area contributed by atoms with Crippen LogP contribution in [0.1, 0.15) is 37.7 Å². The van der Waals surface area contributed by atoms with Crippen LogP contribution in [0.2, 0.25) is 0 Å². The third-order valence-electron chi connectivity index (χ3n) is 4.56. The molecule has 1 saturated carbocycles. The zero-order chi connectivity index (χ0) is 17.2.